The summed E-state index contributed by atoms with van der Waals surface area (Å²) in [7, 11) is -2.41. The van der Waals surface area contributed by atoms with Crippen LogP contribution < -0.4 is 10.0 Å². The number of hydrogen-bond acceptors (Lipinski definition) is 6. The largest absolute Gasteiger partial charge is 0.469 e. The summed E-state index contributed by atoms with van der Waals surface area (Å²) in [6.45, 7) is 0.0469. The highest BCUT2D eigenvalue weighted by Gasteiger charge is 2.18. The van der Waals surface area contributed by atoms with Gasteiger partial charge in [0.15, 0.2) is 0 Å². The number of benzene rings is 2. The van der Waals surface area contributed by atoms with E-state index in [9.17, 15) is 18.0 Å². The Hall–Kier alpha value is -3.69. The first kappa shape index (κ1) is 24.0. The zero-order valence-corrected chi connectivity index (χ0v) is 18.7. The molecule has 8 nitrogen and oxygen atoms in total. The molecule has 1 aromatic heterocycles. The third-order valence-electron chi connectivity index (χ3n) is 4.75. The molecule has 0 saturated carbocycles. The fraction of sp³-hybridized carbons (Fsp3) is 0.167. The first-order chi connectivity index (χ1) is 15.9. The third kappa shape index (κ3) is 7.16. The van der Waals surface area contributed by atoms with E-state index in [1.54, 1.807) is 30.3 Å². The van der Waals surface area contributed by atoms with Gasteiger partial charge >= 0.3 is 5.97 Å². The van der Waals surface area contributed by atoms with Crippen molar-refractivity contribution in [2.45, 2.75) is 23.9 Å². The topological polar surface area (TPSA) is 115 Å². The predicted octanol–water partition coefficient (Wildman–Crippen LogP) is 3.19. The number of furan rings is 1. The van der Waals surface area contributed by atoms with Gasteiger partial charge in [-0.15, -0.1) is 0 Å². The van der Waals surface area contributed by atoms with Crippen LogP contribution in [0.3, 0.4) is 0 Å². The van der Waals surface area contributed by atoms with Crippen LogP contribution in [0.2, 0.25) is 0 Å². The van der Waals surface area contributed by atoms with Crippen LogP contribution in [0.4, 0.5) is 0 Å². The molecule has 2 aromatic carbocycles. The van der Waals surface area contributed by atoms with Crippen molar-refractivity contribution in [3.05, 3.63) is 96.0 Å². The molecule has 3 rings (SSSR count). The number of nitrogens with one attached hydrogen (secondary N) is 2. The van der Waals surface area contributed by atoms with Crippen LogP contribution in [0.25, 0.3) is 6.08 Å². The number of rotatable bonds is 10. The number of amides is 1. The highest BCUT2D eigenvalue weighted by molar-refractivity contribution is 7.89. The second-order valence-corrected chi connectivity index (χ2v) is 8.83. The predicted molar refractivity (Wildman–Crippen MR) is 122 cm³/mol. The van der Waals surface area contributed by atoms with Gasteiger partial charge in [-0.05, 0) is 41.5 Å². The average Bonchev–Trinajstić information content (AvgIpc) is 3.36. The summed E-state index contributed by atoms with van der Waals surface area (Å²) >= 11 is 0. The van der Waals surface area contributed by atoms with Gasteiger partial charge in [-0.3, -0.25) is 9.59 Å². The number of ether oxygens (including phenoxy) is 1. The molecular formula is C24H24N2O6S. The Labute approximate surface area is 192 Å². The third-order valence-corrected chi connectivity index (χ3v) is 6.17. The van der Waals surface area contributed by atoms with Crippen molar-refractivity contribution in [1.82, 2.24) is 10.0 Å². The van der Waals surface area contributed by atoms with Crippen molar-refractivity contribution in [3.63, 3.8) is 0 Å². The van der Waals surface area contributed by atoms with Crippen molar-refractivity contribution >= 4 is 28.0 Å². The maximum Gasteiger partial charge on any atom is 0.307 e. The SMILES string of the molecule is COC(=O)CC(NC(=O)/C=C/c1ccc(S(=O)(=O)NCc2ccco2)cc1)c1ccccc1. The van der Waals surface area contributed by atoms with Crippen LogP contribution in [-0.4, -0.2) is 27.4 Å². The minimum absolute atomic E-state index is 0.00233. The van der Waals surface area contributed by atoms with E-state index < -0.39 is 27.9 Å². The molecule has 0 aliphatic heterocycles. The van der Waals surface area contributed by atoms with E-state index in [0.717, 1.165) is 5.56 Å². The van der Waals surface area contributed by atoms with Crippen molar-refractivity contribution < 1.29 is 27.2 Å². The zero-order chi connectivity index (χ0) is 23.7. The van der Waals surface area contributed by atoms with Crippen LogP contribution in [0, 0.1) is 0 Å². The second kappa shape index (κ2) is 11.3. The summed E-state index contributed by atoms with van der Waals surface area (Å²) in [6, 6.07) is 18.0. The summed E-state index contributed by atoms with van der Waals surface area (Å²) in [5, 5.41) is 2.79. The smallest absolute Gasteiger partial charge is 0.307 e. The molecule has 1 amide bonds. The van der Waals surface area contributed by atoms with Crippen LogP contribution in [0.1, 0.15) is 29.3 Å². The van der Waals surface area contributed by atoms with Gasteiger partial charge in [0.1, 0.15) is 5.76 Å². The normalized spacial score (nSPS) is 12.4. The van der Waals surface area contributed by atoms with E-state index in [0.29, 0.717) is 11.3 Å². The molecule has 2 N–H and O–H groups in total. The molecule has 3 aromatic rings. The van der Waals surface area contributed by atoms with Gasteiger partial charge in [-0.25, -0.2) is 13.1 Å². The summed E-state index contributed by atoms with van der Waals surface area (Å²) in [6.07, 6.45) is 4.35. The fourth-order valence-corrected chi connectivity index (χ4v) is 3.99. The number of hydrogen-bond donors (Lipinski definition) is 2. The summed E-state index contributed by atoms with van der Waals surface area (Å²) in [5.74, 6) is -0.333. The molecular weight excluding hydrogens is 444 g/mol. The van der Waals surface area contributed by atoms with Gasteiger partial charge in [-0.2, -0.15) is 0 Å². The Morgan fingerprint density at radius 3 is 2.39 bits per heavy atom. The number of sulfonamides is 1. The molecule has 9 heteroatoms. The molecule has 0 fully saturated rings. The van der Waals surface area contributed by atoms with E-state index in [-0.39, 0.29) is 17.9 Å². The van der Waals surface area contributed by atoms with Crippen LogP contribution >= 0.6 is 0 Å². The lowest BCUT2D eigenvalue weighted by atomic mass is 10.0. The summed E-state index contributed by atoms with van der Waals surface area (Å²) in [5.41, 5.74) is 1.42. The van der Waals surface area contributed by atoms with Gasteiger partial charge in [0.05, 0.1) is 37.3 Å². The molecule has 172 valence electrons. The van der Waals surface area contributed by atoms with Gasteiger partial charge in [0.25, 0.3) is 0 Å². The average molecular weight is 469 g/mol. The Bertz CT molecular complexity index is 1190. The molecule has 1 unspecified atom stereocenters. The molecule has 1 atom stereocenters. The van der Waals surface area contributed by atoms with E-state index in [1.807, 2.05) is 30.3 Å². The van der Waals surface area contributed by atoms with Crippen molar-refractivity contribution in [2.24, 2.45) is 0 Å². The van der Waals surface area contributed by atoms with Crippen molar-refractivity contribution in [1.29, 1.82) is 0 Å². The molecule has 0 aliphatic carbocycles. The highest BCUT2D eigenvalue weighted by Crippen LogP contribution is 2.17. The first-order valence-corrected chi connectivity index (χ1v) is 11.6. The molecule has 0 bridgehead atoms. The summed E-state index contributed by atoms with van der Waals surface area (Å²) < 4.78 is 37.1. The first-order valence-electron chi connectivity index (χ1n) is 10.1. The lowest BCUT2D eigenvalue weighted by molar-refractivity contribution is -0.141. The zero-order valence-electron chi connectivity index (χ0n) is 17.9. The number of carbonyl (C=O) groups excluding carboxylic acids is 2. The van der Waals surface area contributed by atoms with E-state index in [1.165, 1.54) is 31.6 Å². The maximum atomic E-state index is 12.4. The molecule has 33 heavy (non-hydrogen) atoms. The minimum Gasteiger partial charge on any atom is -0.469 e. The molecule has 0 saturated heterocycles. The number of esters is 1. The quantitative estimate of drug-likeness (QED) is 0.349. The Morgan fingerprint density at radius 2 is 1.76 bits per heavy atom. The highest BCUT2D eigenvalue weighted by atomic mass is 32.2. The molecule has 1 heterocycles. The lowest BCUT2D eigenvalue weighted by Gasteiger charge is -2.17. The van der Waals surface area contributed by atoms with Gasteiger partial charge in [0.2, 0.25) is 15.9 Å². The Morgan fingerprint density at radius 1 is 1.03 bits per heavy atom. The summed E-state index contributed by atoms with van der Waals surface area (Å²) in [4.78, 5) is 24.3. The lowest BCUT2D eigenvalue weighted by Crippen LogP contribution is -2.29. The second-order valence-electron chi connectivity index (χ2n) is 7.06. The van der Waals surface area contributed by atoms with Crippen molar-refractivity contribution in [3.8, 4) is 0 Å². The standard InChI is InChI=1S/C24H24N2O6S/c1-31-24(28)16-22(19-6-3-2-4-7-19)26-23(27)14-11-18-9-12-21(13-10-18)33(29,30)25-17-20-8-5-15-32-20/h2-15,22,25H,16-17H2,1H3,(H,26,27)/b14-11+. The monoisotopic (exact) mass is 468 g/mol. The van der Waals surface area contributed by atoms with Gasteiger partial charge in [0, 0.05) is 6.08 Å². The minimum atomic E-state index is -3.70. The molecule has 0 radical (unpaired) electrons. The van der Waals surface area contributed by atoms with Crippen molar-refractivity contribution in [2.75, 3.05) is 7.11 Å². The van der Waals surface area contributed by atoms with Gasteiger partial charge in [-0.1, -0.05) is 42.5 Å². The van der Waals surface area contributed by atoms with E-state index in [4.69, 9.17) is 9.15 Å². The van der Waals surface area contributed by atoms with E-state index >= 15 is 0 Å². The van der Waals surface area contributed by atoms with Gasteiger partial charge < -0.3 is 14.5 Å². The maximum absolute atomic E-state index is 12.4. The Balaban J connectivity index is 1.62. The molecule has 0 aliphatic rings. The van der Waals surface area contributed by atoms with Crippen LogP contribution in [-0.2, 0) is 30.9 Å². The number of methoxy groups -OCH3 is 1. The van der Waals surface area contributed by atoms with E-state index in [2.05, 4.69) is 10.0 Å². The van der Waals surface area contributed by atoms with Crippen LogP contribution in [0.5, 0.6) is 0 Å². The van der Waals surface area contributed by atoms with Crippen LogP contribution in [0.15, 0.2) is 88.4 Å². The number of carbonyl (C=O) groups is 2. The fourth-order valence-electron chi connectivity index (χ4n) is 3.00. The molecule has 0 spiro atoms. The Kier molecular flexibility index (Phi) is 8.17.